The molecular weight excluding hydrogens is 256 g/mol. The number of aromatic amines is 1. The standard InChI is InChI=1S/C11H12N2O4S/c1-16-10-4-2-3-9(7-10)8-17-18(14,15)11-12-5-6-13-11/h2-7H,8H2,1H3,(H,12,13). The molecule has 0 bridgehead atoms. The third kappa shape index (κ3) is 2.88. The third-order valence-corrected chi connectivity index (χ3v) is 3.35. The Bertz CT molecular complexity index is 608. The summed E-state index contributed by atoms with van der Waals surface area (Å²) in [6.07, 6.45) is 2.77. The lowest BCUT2D eigenvalue weighted by molar-refractivity contribution is 0.304. The number of ether oxygens (including phenoxy) is 1. The smallest absolute Gasteiger partial charge is 0.331 e. The number of imidazole rings is 1. The molecule has 7 heteroatoms. The average Bonchev–Trinajstić information content (AvgIpc) is 2.91. The molecule has 0 aliphatic carbocycles. The van der Waals surface area contributed by atoms with Crippen LogP contribution in [0.2, 0.25) is 0 Å². The Balaban J connectivity index is 2.07. The second-order valence-corrected chi connectivity index (χ2v) is 4.99. The molecular formula is C11H12N2O4S. The number of rotatable bonds is 5. The van der Waals surface area contributed by atoms with Crippen LogP contribution in [0.1, 0.15) is 5.56 Å². The van der Waals surface area contributed by atoms with Crippen molar-refractivity contribution in [3.05, 3.63) is 42.2 Å². The molecule has 1 N–H and O–H groups in total. The summed E-state index contributed by atoms with van der Waals surface area (Å²) in [6.45, 7) is -0.0692. The molecule has 6 nitrogen and oxygen atoms in total. The normalized spacial score (nSPS) is 11.4. The van der Waals surface area contributed by atoms with Gasteiger partial charge in [-0.05, 0) is 17.7 Å². The summed E-state index contributed by atoms with van der Waals surface area (Å²) < 4.78 is 33.3. The van der Waals surface area contributed by atoms with Crippen LogP contribution in [-0.2, 0) is 20.9 Å². The average molecular weight is 268 g/mol. The van der Waals surface area contributed by atoms with Gasteiger partial charge in [0.2, 0.25) is 0 Å². The van der Waals surface area contributed by atoms with Crippen molar-refractivity contribution in [1.29, 1.82) is 0 Å². The quantitative estimate of drug-likeness (QED) is 0.827. The number of nitrogens with one attached hydrogen (secondary N) is 1. The minimum absolute atomic E-state index is 0.0692. The van der Waals surface area contributed by atoms with Gasteiger partial charge in [0, 0.05) is 12.4 Å². The Morgan fingerprint density at radius 3 is 2.89 bits per heavy atom. The third-order valence-electron chi connectivity index (χ3n) is 2.22. The summed E-state index contributed by atoms with van der Waals surface area (Å²) in [7, 11) is -2.30. The first-order chi connectivity index (χ1) is 8.62. The van der Waals surface area contributed by atoms with Gasteiger partial charge >= 0.3 is 10.1 Å². The zero-order chi connectivity index (χ0) is 13.0. The number of benzene rings is 1. The van der Waals surface area contributed by atoms with E-state index in [0.717, 1.165) is 0 Å². The summed E-state index contributed by atoms with van der Waals surface area (Å²) in [6, 6.07) is 6.99. The monoisotopic (exact) mass is 268 g/mol. The largest absolute Gasteiger partial charge is 0.497 e. The van der Waals surface area contributed by atoms with Crippen molar-refractivity contribution >= 4 is 10.1 Å². The molecule has 18 heavy (non-hydrogen) atoms. The summed E-state index contributed by atoms with van der Waals surface area (Å²) in [4.78, 5) is 6.13. The predicted molar refractivity (Wildman–Crippen MR) is 63.6 cm³/mol. The van der Waals surface area contributed by atoms with Crippen LogP contribution in [0.25, 0.3) is 0 Å². The highest BCUT2D eigenvalue weighted by molar-refractivity contribution is 7.86. The van der Waals surface area contributed by atoms with Crippen molar-refractivity contribution < 1.29 is 17.3 Å². The van der Waals surface area contributed by atoms with Gasteiger partial charge < -0.3 is 9.72 Å². The summed E-state index contributed by atoms with van der Waals surface area (Å²) in [5.74, 6) is 0.645. The predicted octanol–water partition coefficient (Wildman–Crippen LogP) is 1.32. The molecule has 0 saturated carbocycles. The van der Waals surface area contributed by atoms with E-state index in [1.54, 1.807) is 31.4 Å². The molecule has 2 aromatic rings. The van der Waals surface area contributed by atoms with E-state index in [1.165, 1.54) is 12.4 Å². The van der Waals surface area contributed by atoms with Crippen LogP contribution in [0.4, 0.5) is 0 Å². The van der Waals surface area contributed by atoms with Gasteiger partial charge in [0.05, 0.1) is 13.7 Å². The Kier molecular flexibility index (Phi) is 3.63. The second-order valence-electron chi connectivity index (χ2n) is 3.46. The fourth-order valence-corrected chi connectivity index (χ4v) is 2.16. The van der Waals surface area contributed by atoms with E-state index in [0.29, 0.717) is 11.3 Å². The van der Waals surface area contributed by atoms with Gasteiger partial charge in [0.25, 0.3) is 5.16 Å². The van der Waals surface area contributed by atoms with E-state index < -0.39 is 10.1 Å². The molecule has 0 amide bonds. The van der Waals surface area contributed by atoms with Gasteiger partial charge in [-0.15, -0.1) is 0 Å². The highest BCUT2D eigenvalue weighted by Gasteiger charge is 2.17. The minimum Gasteiger partial charge on any atom is -0.497 e. The van der Waals surface area contributed by atoms with Crippen LogP contribution in [0, 0.1) is 0 Å². The molecule has 0 saturated heterocycles. The first kappa shape index (κ1) is 12.6. The van der Waals surface area contributed by atoms with Crippen LogP contribution in [0.3, 0.4) is 0 Å². The van der Waals surface area contributed by atoms with Gasteiger partial charge in [-0.1, -0.05) is 12.1 Å². The maximum Gasteiger partial charge on any atom is 0.331 e. The minimum atomic E-state index is -3.84. The molecule has 0 fully saturated rings. The van der Waals surface area contributed by atoms with Crippen molar-refractivity contribution in [2.24, 2.45) is 0 Å². The summed E-state index contributed by atoms with van der Waals surface area (Å²) >= 11 is 0. The van der Waals surface area contributed by atoms with Gasteiger partial charge in [0.1, 0.15) is 5.75 Å². The Morgan fingerprint density at radius 1 is 1.39 bits per heavy atom. The molecule has 0 aliphatic heterocycles. The number of aromatic nitrogens is 2. The number of nitrogens with zero attached hydrogens (tertiary/aromatic N) is 1. The van der Waals surface area contributed by atoms with Crippen molar-refractivity contribution in [2.45, 2.75) is 11.8 Å². The lowest BCUT2D eigenvalue weighted by Crippen LogP contribution is -2.08. The van der Waals surface area contributed by atoms with E-state index in [4.69, 9.17) is 8.92 Å². The Hall–Kier alpha value is -1.86. The number of H-pyrrole nitrogens is 1. The summed E-state index contributed by atoms with van der Waals surface area (Å²) in [5, 5.41) is -0.203. The highest BCUT2D eigenvalue weighted by atomic mass is 32.2. The molecule has 0 unspecified atom stereocenters. The topological polar surface area (TPSA) is 81.3 Å². The van der Waals surface area contributed by atoms with E-state index >= 15 is 0 Å². The SMILES string of the molecule is COc1cccc(COS(=O)(=O)c2ncc[nH]2)c1. The molecule has 1 aromatic heterocycles. The van der Waals surface area contributed by atoms with Crippen molar-refractivity contribution in [3.8, 4) is 5.75 Å². The maximum absolute atomic E-state index is 11.7. The zero-order valence-corrected chi connectivity index (χ0v) is 10.5. The van der Waals surface area contributed by atoms with E-state index in [-0.39, 0.29) is 11.8 Å². The highest BCUT2D eigenvalue weighted by Crippen LogP contribution is 2.15. The number of methoxy groups -OCH3 is 1. The fourth-order valence-electron chi connectivity index (χ4n) is 1.35. The van der Waals surface area contributed by atoms with Crippen LogP contribution < -0.4 is 4.74 Å². The molecule has 1 heterocycles. The Labute approximate surface area is 105 Å². The van der Waals surface area contributed by atoms with Gasteiger partial charge in [-0.2, -0.15) is 8.42 Å². The fraction of sp³-hybridized carbons (Fsp3) is 0.182. The van der Waals surface area contributed by atoms with Crippen molar-refractivity contribution in [2.75, 3.05) is 7.11 Å². The first-order valence-corrected chi connectivity index (χ1v) is 6.54. The first-order valence-electron chi connectivity index (χ1n) is 5.13. The number of hydrogen-bond acceptors (Lipinski definition) is 5. The summed E-state index contributed by atoms with van der Waals surface area (Å²) in [5.41, 5.74) is 0.699. The molecule has 1 aromatic carbocycles. The van der Waals surface area contributed by atoms with E-state index in [9.17, 15) is 8.42 Å². The molecule has 2 rings (SSSR count). The zero-order valence-electron chi connectivity index (χ0n) is 9.66. The Morgan fingerprint density at radius 2 is 2.22 bits per heavy atom. The van der Waals surface area contributed by atoms with Crippen molar-refractivity contribution in [1.82, 2.24) is 9.97 Å². The second kappa shape index (κ2) is 5.19. The van der Waals surface area contributed by atoms with Crippen LogP contribution >= 0.6 is 0 Å². The maximum atomic E-state index is 11.7. The molecule has 96 valence electrons. The van der Waals surface area contributed by atoms with E-state index in [1.807, 2.05) is 0 Å². The van der Waals surface area contributed by atoms with Gasteiger partial charge in [0.15, 0.2) is 0 Å². The van der Waals surface area contributed by atoms with E-state index in [2.05, 4.69) is 9.97 Å². The molecule has 0 atom stereocenters. The molecule has 0 aliphatic rings. The van der Waals surface area contributed by atoms with Crippen molar-refractivity contribution in [3.63, 3.8) is 0 Å². The van der Waals surface area contributed by atoms with Crippen LogP contribution in [0.15, 0.2) is 41.8 Å². The van der Waals surface area contributed by atoms with Gasteiger partial charge in [-0.3, -0.25) is 4.18 Å². The number of hydrogen-bond donors (Lipinski definition) is 1. The van der Waals surface area contributed by atoms with Gasteiger partial charge in [-0.25, -0.2) is 4.98 Å². The lowest BCUT2D eigenvalue weighted by atomic mass is 10.2. The van der Waals surface area contributed by atoms with Crippen LogP contribution in [0.5, 0.6) is 5.75 Å². The molecule has 0 radical (unpaired) electrons. The molecule has 0 spiro atoms. The van der Waals surface area contributed by atoms with Crippen LogP contribution in [-0.4, -0.2) is 25.5 Å². The lowest BCUT2D eigenvalue weighted by Gasteiger charge is -2.05.